The van der Waals surface area contributed by atoms with Crippen LogP contribution in [0.25, 0.3) is 0 Å². The number of ether oxygens (including phenoxy) is 2. The molecule has 0 aliphatic carbocycles. The van der Waals surface area contributed by atoms with Crippen molar-refractivity contribution >= 4 is 11.8 Å². The zero-order chi connectivity index (χ0) is 16.3. The number of nitrogens with one attached hydrogen (secondary N) is 1. The van der Waals surface area contributed by atoms with Crippen LogP contribution in [0.3, 0.4) is 0 Å². The highest BCUT2D eigenvalue weighted by molar-refractivity contribution is 5.86. The molecule has 5 heteroatoms. The Morgan fingerprint density at radius 3 is 2.33 bits per heavy atom. The second-order valence-corrected chi connectivity index (χ2v) is 6.64. The highest BCUT2D eigenvalue weighted by Gasteiger charge is 2.20. The molecule has 0 heterocycles. The van der Waals surface area contributed by atoms with Gasteiger partial charge in [-0.2, -0.15) is 0 Å². The van der Waals surface area contributed by atoms with Gasteiger partial charge in [0.1, 0.15) is 11.4 Å². The van der Waals surface area contributed by atoms with Crippen molar-refractivity contribution in [2.45, 2.75) is 52.2 Å². The van der Waals surface area contributed by atoms with E-state index in [0.717, 1.165) is 5.56 Å². The molecule has 1 rings (SSSR count). The van der Waals surface area contributed by atoms with E-state index in [9.17, 15) is 9.90 Å². The summed E-state index contributed by atoms with van der Waals surface area (Å²) in [6.45, 7) is 8.84. The number of aliphatic hydroxyl groups is 1. The SMILES string of the molecule is COc1ccc(NC(=O)OC(C)(C)C)c(CC(C)(C)O)c1. The number of rotatable bonds is 4. The third-order valence-electron chi connectivity index (χ3n) is 2.57. The third-order valence-corrected chi connectivity index (χ3v) is 2.57. The Hall–Kier alpha value is -1.75. The Bertz CT molecular complexity index is 498. The fourth-order valence-corrected chi connectivity index (χ4v) is 1.84. The number of anilines is 1. The number of amides is 1. The van der Waals surface area contributed by atoms with E-state index in [1.807, 2.05) is 0 Å². The molecule has 0 saturated carbocycles. The second-order valence-electron chi connectivity index (χ2n) is 6.64. The normalized spacial score (nSPS) is 12.0. The molecule has 2 N–H and O–H groups in total. The molecule has 118 valence electrons. The molecule has 0 aliphatic heterocycles. The average molecular weight is 295 g/mol. The summed E-state index contributed by atoms with van der Waals surface area (Å²) in [6, 6.07) is 5.29. The average Bonchev–Trinajstić information content (AvgIpc) is 2.27. The van der Waals surface area contributed by atoms with E-state index < -0.39 is 17.3 Å². The van der Waals surface area contributed by atoms with Crippen molar-refractivity contribution in [2.75, 3.05) is 12.4 Å². The first-order valence-corrected chi connectivity index (χ1v) is 6.89. The highest BCUT2D eigenvalue weighted by atomic mass is 16.6. The molecule has 0 unspecified atom stereocenters. The molecule has 0 saturated heterocycles. The lowest BCUT2D eigenvalue weighted by Crippen LogP contribution is -2.28. The summed E-state index contributed by atoms with van der Waals surface area (Å²) in [6.07, 6.45) is -0.139. The van der Waals surface area contributed by atoms with Crippen LogP contribution in [0.2, 0.25) is 0 Å². The second kappa shape index (κ2) is 6.35. The number of benzene rings is 1. The Morgan fingerprint density at radius 2 is 1.86 bits per heavy atom. The van der Waals surface area contributed by atoms with E-state index in [0.29, 0.717) is 17.9 Å². The molecule has 0 spiro atoms. The van der Waals surface area contributed by atoms with Gasteiger partial charge in [0.05, 0.1) is 12.7 Å². The Labute approximate surface area is 126 Å². The maximum atomic E-state index is 11.9. The van der Waals surface area contributed by atoms with Gasteiger partial charge in [-0.25, -0.2) is 4.79 Å². The van der Waals surface area contributed by atoms with Crippen molar-refractivity contribution in [3.05, 3.63) is 23.8 Å². The minimum absolute atomic E-state index is 0.384. The summed E-state index contributed by atoms with van der Waals surface area (Å²) in [5.41, 5.74) is -0.0659. The van der Waals surface area contributed by atoms with E-state index in [1.165, 1.54) is 0 Å². The molecule has 0 radical (unpaired) electrons. The van der Waals surface area contributed by atoms with Crippen LogP contribution in [0.4, 0.5) is 10.5 Å². The van der Waals surface area contributed by atoms with Gasteiger partial charge < -0.3 is 14.6 Å². The highest BCUT2D eigenvalue weighted by Crippen LogP contribution is 2.26. The predicted octanol–water partition coefficient (Wildman–Crippen LogP) is 3.36. The van der Waals surface area contributed by atoms with Gasteiger partial charge in [0.25, 0.3) is 0 Å². The number of hydrogen-bond donors (Lipinski definition) is 2. The third kappa shape index (κ3) is 6.49. The van der Waals surface area contributed by atoms with Crippen molar-refractivity contribution in [2.24, 2.45) is 0 Å². The molecule has 0 aromatic heterocycles. The first kappa shape index (κ1) is 17.3. The van der Waals surface area contributed by atoms with Gasteiger partial charge in [-0.1, -0.05) is 0 Å². The molecular formula is C16H25NO4. The van der Waals surface area contributed by atoms with E-state index in [2.05, 4.69) is 5.32 Å². The molecule has 0 bridgehead atoms. The first-order valence-electron chi connectivity index (χ1n) is 6.89. The van der Waals surface area contributed by atoms with Crippen molar-refractivity contribution in [1.29, 1.82) is 0 Å². The van der Waals surface area contributed by atoms with Gasteiger partial charge in [0.15, 0.2) is 0 Å². The zero-order valence-electron chi connectivity index (χ0n) is 13.6. The molecule has 5 nitrogen and oxygen atoms in total. The van der Waals surface area contributed by atoms with E-state index in [4.69, 9.17) is 9.47 Å². The molecule has 1 amide bonds. The zero-order valence-corrected chi connectivity index (χ0v) is 13.6. The maximum absolute atomic E-state index is 11.9. The van der Waals surface area contributed by atoms with Crippen LogP contribution in [0, 0.1) is 0 Å². The molecule has 0 fully saturated rings. The molecule has 0 atom stereocenters. The van der Waals surface area contributed by atoms with Gasteiger partial charge in [0.2, 0.25) is 0 Å². The topological polar surface area (TPSA) is 67.8 Å². The molecule has 0 aliphatic rings. The fourth-order valence-electron chi connectivity index (χ4n) is 1.84. The Morgan fingerprint density at radius 1 is 1.24 bits per heavy atom. The molecular weight excluding hydrogens is 270 g/mol. The van der Waals surface area contributed by atoms with Crippen molar-refractivity contribution < 1.29 is 19.4 Å². The number of carbonyl (C=O) groups excluding carboxylic acids is 1. The fraction of sp³-hybridized carbons (Fsp3) is 0.562. The van der Waals surface area contributed by atoms with E-state index in [1.54, 1.807) is 59.9 Å². The summed E-state index contributed by atoms with van der Waals surface area (Å²) in [5.74, 6) is 0.670. The first-order chi connectivity index (χ1) is 9.50. The number of carbonyl (C=O) groups is 1. The van der Waals surface area contributed by atoms with Gasteiger partial charge in [-0.3, -0.25) is 5.32 Å². The minimum atomic E-state index is -0.892. The van der Waals surface area contributed by atoms with Gasteiger partial charge >= 0.3 is 6.09 Å². The summed E-state index contributed by atoms with van der Waals surface area (Å²) in [4.78, 5) is 11.9. The smallest absolute Gasteiger partial charge is 0.412 e. The summed E-state index contributed by atoms with van der Waals surface area (Å²) in [5, 5.41) is 12.7. The van der Waals surface area contributed by atoms with Crippen LogP contribution >= 0.6 is 0 Å². The van der Waals surface area contributed by atoms with E-state index >= 15 is 0 Å². The predicted molar refractivity (Wildman–Crippen MR) is 82.9 cm³/mol. The summed E-state index contributed by atoms with van der Waals surface area (Å²) in [7, 11) is 1.57. The number of methoxy groups -OCH3 is 1. The largest absolute Gasteiger partial charge is 0.497 e. The molecule has 1 aromatic rings. The van der Waals surface area contributed by atoms with Crippen LogP contribution in [0.5, 0.6) is 5.75 Å². The molecule has 21 heavy (non-hydrogen) atoms. The van der Waals surface area contributed by atoms with Crippen LogP contribution in [0.1, 0.15) is 40.2 Å². The lowest BCUT2D eigenvalue weighted by atomic mass is 9.97. The Kier molecular flexibility index (Phi) is 5.23. The van der Waals surface area contributed by atoms with Crippen molar-refractivity contribution in [1.82, 2.24) is 0 Å². The van der Waals surface area contributed by atoms with Crippen LogP contribution in [-0.4, -0.2) is 29.5 Å². The maximum Gasteiger partial charge on any atom is 0.412 e. The summed E-state index contributed by atoms with van der Waals surface area (Å²) < 4.78 is 10.4. The van der Waals surface area contributed by atoms with Crippen molar-refractivity contribution in [3.63, 3.8) is 0 Å². The Balaban J connectivity index is 2.97. The van der Waals surface area contributed by atoms with Crippen LogP contribution in [0.15, 0.2) is 18.2 Å². The van der Waals surface area contributed by atoms with E-state index in [-0.39, 0.29) is 0 Å². The van der Waals surface area contributed by atoms with Crippen LogP contribution < -0.4 is 10.1 Å². The van der Waals surface area contributed by atoms with Gasteiger partial charge in [-0.05, 0) is 58.4 Å². The van der Waals surface area contributed by atoms with Crippen molar-refractivity contribution in [3.8, 4) is 5.75 Å². The lowest BCUT2D eigenvalue weighted by Gasteiger charge is -2.22. The molecule has 1 aromatic carbocycles. The quantitative estimate of drug-likeness (QED) is 0.893. The lowest BCUT2D eigenvalue weighted by molar-refractivity contribution is 0.0632. The monoisotopic (exact) mass is 295 g/mol. The van der Waals surface area contributed by atoms with Gasteiger partial charge in [0, 0.05) is 12.1 Å². The van der Waals surface area contributed by atoms with Gasteiger partial charge in [-0.15, -0.1) is 0 Å². The van der Waals surface area contributed by atoms with Crippen LogP contribution in [-0.2, 0) is 11.2 Å². The number of hydrogen-bond acceptors (Lipinski definition) is 4. The minimum Gasteiger partial charge on any atom is -0.497 e. The standard InChI is InChI=1S/C16H25NO4/c1-15(2,3)21-14(18)17-13-8-7-12(20-6)9-11(13)10-16(4,5)19/h7-9,19H,10H2,1-6H3,(H,17,18). The summed E-state index contributed by atoms with van der Waals surface area (Å²) >= 11 is 0.